The molecule has 0 fully saturated rings. The van der Waals surface area contributed by atoms with E-state index in [0.29, 0.717) is 11.5 Å². The molecule has 0 bridgehead atoms. The molecule has 0 amide bonds. The highest BCUT2D eigenvalue weighted by Gasteiger charge is 2.27. The lowest BCUT2D eigenvalue weighted by atomic mass is 9.74. The standard InChI is InChI=1S/C30H24N2O8/c1-3-30(2,22-10-14-26(15-11-22)39-28(33)20-6-4-8-24(18-20)31(35)36)23-12-16-27(17-13-23)40-29(34)21-7-5-9-25(19-21)32(37)38/h4-19H,3H2,1-2H3. The van der Waals surface area contributed by atoms with E-state index in [-0.39, 0.29) is 22.5 Å². The van der Waals surface area contributed by atoms with Crippen LogP contribution >= 0.6 is 0 Å². The van der Waals surface area contributed by atoms with E-state index in [4.69, 9.17) is 9.47 Å². The van der Waals surface area contributed by atoms with Gasteiger partial charge < -0.3 is 9.47 Å². The third-order valence-electron chi connectivity index (χ3n) is 6.70. The van der Waals surface area contributed by atoms with Crippen molar-refractivity contribution >= 4 is 23.3 Å². The summed E-state index contributed by atoms with van der Waals surface area (Å²) in [4.78, 5) is 45.8. The molecule has 0 heterocycles. The molecule has 4 aromatic carbocycles. The SMILES string of the molecule is CCC(C)(c1ccc(OC(=O)c2cccc([N+](=O)[O-])c2)cc1)c1ccc(OC(=O)c2cccc([N+](=O)[O-])c2)cc1. The highest BCUT2D eigenvalue weighted by atomic mass is 16.6. The monoisotopic (exact) mass is 540 g/mol. The number of carbonyl (C=O) groups excluding carboxylic acids is 2. The van der Waals surface area contributed by atoms with Gasteiger partial charge in [-0.15, -0.1) is 0 Å². The largest absolute Gasteiger partial charge is 0.423 e. The number of rotatable bonds is 9. The first kappa shape index (κ1) is 27.6. The molecule has 0 aliphatic rings. The number of nitro benzene ring substituents is 2. The molecule has 0 N–H and O–H groups in total. The van der Waals surface area contributed by atoms with Gasteiger partial charge in [-0.3, -0.25) is 20.2 Å². The summed E-state index contributed by atoms with van der Waals surface area (Å²) in [6, 6.07) is 24.7. The van der Waals surface area contributed by atoms with Crippen LogP contribution in [0, 0.1) is 20.2 Å². The van der Waals surface area contributed by atoms with E-state index in [1.165, 1.54) is 36.4 Å². The molecule has 0 saturated carbocycles. The molecular formula is C30H24N2O8. The van der Waals surface area contributed by atoms with Gasteiger partial charge in [-0.25, -0.2) is 9.59 Å². The fourth-order valence-electron chi connectivity index (χ4n) is 4.18. The Labute approximate surface area is 229 Å². The molecule has 10 heteroatoms. The molecule has 4 aromatic rings. The molecule has 0 aliphatic heterocycles. The van der Waals surface area contributed by atoms with Crippen molar-refractivity contribution in [1.29, 1.82) is 0 Å². The summed E-state index contributed by atoms with van der Waals surface area (Å²) in [6.45, 7) is 4.09. The summed E-state index contributed by atoms with van der Waals surface area (Å²) < 4.78 is 10.8. The number of carbonyl (C=O) groups is 2. The Kier molecular flexibility index (Phi) is 7.99. The van der Waals surface area contributed by atoms with E-state index >= 15 is 0 Å². The maximum absolute atomic E-state index is 12.5. The highest BCUT2D eigenvalue weighted by Crippen LogP contribution is 2.37. The van der Waals surface area contributed by atoms with Crippen molar-refractivity contribution in [2.24, 2.45) is 0 Å². The smallest absolute Gasteiger partial charge is 0.343 e. The average Bonchev–Trinajstić information content (AvgIpc) is 2.97. The maximum Gasteiger partial charge on any atom is 0.343 e. The number of ether oxygens (including phenoxy) is 2. The third kappa shape index (κ3) is 6.02. The Morgan fingerprint density at radius 1 is 0.675 bits per heavy atom. The minimum absolute atomic E-state index is 0.0722. The van der Waals surface area contributed by atoms with Gasteiger partial charge in [0.15, 0.2) is 0 Å². The lowest BCUT2D eigenvalue weighted by molar-refractivity contribution is -0.385. The van der Waals surface area contributed by atoms with Gasteiger partial charge in [-0.2, -0.15) is 0 Å². The van der Waals surface area contributed by atoms with Crippen LogP contribution in [-0.2, 0) is 5.41 Å². The van der Waals surface area contributed by atoms with Crippen molar-refractivity contribution in [3.05, 3.63) is 140 Å². The van der Waals surface area contributed by atoms with Crippen molar-refractivity contribution < 1.29 is 28.9 Å². The number of benzene rings is 4. The lowest BCUT2D eigenvalue weighted by Crippen LogP contribution is -2.22. The van der Waals surface area contributed by atoms with E-state index in [2.05, 4.69) is 6.92 Å². The van der Waals surface area contributed by atoms with Gasteiger partial charge in [-0.05, 0) is 53.9 Å². The van der Waals surface area contributed by atoms with Gasteiger partial charge in [0.25, 0.3) is 11.4 Å². The molecule has 0 saturated heterocycles. The van der Waals surface area contributed by atoms with Gasteiger partial charge in [-0.1, -0.05) is 50.2 Å². The normalized spacial score (nSPS) is 10.9. The zero-order valence-electron chi connectivity index (χ0n) is 21.6. The second kappa shape index (κ2) is 11.6. The first-order valence-corrected chi connectivity index (χ1v) is 12.2. The Hall–Kier alpha value is -5.38. The fraction of sp³-hybridized carbons (Fsp3) is 0.133. The molecule has 0 aromatic heterocycles. The Balaban J connectivity index is 1.47. The van der Waals surface area contributed by atoms with Gasteiger partial charge in [0, 0.05) is 29.7 Å². The van der Waals surface area contributed by atoms with Crippen molar-refractivity contribution in [3.8, 4) is 11.5 Å². The van der Waals surface area contributed by atoms with Gasteiger partial charge >= 0.3 is 11.9 Å². The topological polar surface area (TPSA) is 139 Å². The molecule has 0 aliphatic carbocycles. The van der Waals surface area contributed by atoms with Crippen molar-refractivity contribution in [2.45, 2.75) is 25.7 Å². The van der Waals surface area contributed by atoms with Crippen LogP contribution in [0.3, 0.4) is 0 Å². The van der Waals surface area contributed by atoms with Crippen LogP contribution in [-0.4, -0.2) is 21.8 Å². The number of hydrogen-bond acceptors (Lipinski definition) is 8. The Bertz CT molecular complexity index is 1470. The summed E-state index contributed by atoms with van der Waals surface area (Å²) >= 11 is 0. The molecule has 0 atom stereocenters. The summed E-state index contributed by atoms with van der Waals surface area (Å²) in [5, 5.41) is 22.0. The summed E-state index contributed by atoms with van der Waals surface area (Å²) in [5.74, 6) is -0.820. The predicted octanol–water partition coefficient (Wildman–Crippen LogP) is 6.66. The van der Waals surface area contributed by atoms with E-state index in [1.807, 2.05) is 31.2 Å². The molecule has 40 heavy (non-hydrogen) atoms. The summed E-state index contributed by atoms with van der Waals surface area (Å²) in [5.41, 5.74) is 1.22. The zero-order valence-corrected chi connectivity index (χ0v) is 21.6. The quantitative estimate of drug-likeness (QED) is 0.0994. The molecule has 0 spiro atoms. The van der Waals surface area contributed by atoms with Crippen molar-refractivity contribution in [1.82, 2.24) is 0 Å². The maximum atomic E-state index is 12.5. The van der Waals surface area contributed by atoms with Crippen LogP contribution in [0.2, 0.25) is 0 Å². The van der Waals surface area contributed by atoms with Crippen LogP contribution in [0.25, 0.3) is 0 Å². The molecule has 10 nitrogen and oxygen atoms in total. The van der Waals surface area contributed by atoms with E-state index < -0.39 is 27.2 Å². The number of nitrogens with zero attached hydrogens (tertiary/aromatic N) is 2. The third-order valence-corrected chi connectivity index (χ3v) is 6.70. The zero-order chi connectivity index (χ0) is 28.9. The van der Waals surface area contributed by atoms with Crippen LogP contribution in [0.15, 0.2) is 97.1 Å². The Morgan fingerprint density at radius 3 is 1.38 bits per heavy atom. The first-order valence-electron chi connectivity index (χ1n) is 12.2. The highest BCUT2D eigenvalue weighted by molar-refractivity contribution is 5.92. The van der Waals surface area contributed by atoms with Gasteiger partial charge in [0.2, 0.25) is 0 Å². The van der Waals surface area contributed by atoms with E-state index in [1.54, 1.807) is 24.3 Å². The van der Waals surface area contributed by atoms with Gasteiger partial charge in [0.1, 0.15) is 11.5 Å². The van der Waals surface area contributed by atoms with Crippen LogP contribution in [0.1, 0.15) is 52.1 Å². The second-order valence-electron chi connectivity index (χ2n) is 9.13. The molecule has 0 unspecified atom stereocenters. The number of hydrogen-bond donors (Lipinski definition) is 0. The molecular weight excluding hydrogens is 516 g/mol. The lowest BCUT2D eigenvalue weighted by Gasteiger charge is -2.30. The molecule has 202 valence electrons. The first-order chi connectivity index (χ1) is 19.1. The number of non-ortho nitro benzene ring substituents is 2. The fourth-order valence-corrected chi connectivity index (χ4v) is 4.18. The molecule has 4 rings (SSSR count). The van der Waals surface area contributed by atoms with Crippen LogP contribution in [0.4, 0.5) is 11.4 Å². The van der Waals surface area contributed by atoms with E-state index in [9.17, 15) is 29.8 Å². The van der Waals surface area contributed by atoms with Crippen molar-refractivity contribution in [3.63, 3.8) is 0 Å². The summed E-state index contributed by atoms with van der Waals surface area (Å²) in [6.07, 6.45) is 0.729. The number of nitro groups is 2. The predicted molar refractivity (Wildman–Crippen MR) is 146 cm³/mol. The Morgan fingerprint density at radius 2 is 1.05 bits per heavy atom. The van der Waals surface area contributed by atoms with Crippen LogP contribution < -0.4 is 9.47 Å². The minimum atomic E-state index is -0.704. The average molecular weight is 541 g/mol. The summed E-state index contributed by atoms with van der Waals surface area (Å²) in [7, 11) is 0. The van der Waals surface area contributed by atoms with E-state index in [0.717, 1.165) is 29.7 Å². The minimum Gasteiger partial charge on any atom is -0.423 e. The van der Waals surface area contributed by atoms with Crippen LogP contribution in [0.5, 0.6) is 11.5 Å². The van der Waals surface area contributed by atoms with Crippen molar-refractivity contribution in [2.75, 3.05) is 0 Å². The number of esters is 2. The second-order valence-corrected chi connectivity index (χ2v) is 9.13. The molecule has 0 radical (unpaired) electrons. The van der Waals surface area contributed by atoms with Gasteiger partial charge in [0.05, 0.1) is 21.0 Å².